The predicted octanol–water partition coefficient (Wildman–Crippen LogP) is 3.21. The molecule has 9 fully saturated rings. The Hall–Kier alpha value is -3.90. The average Bonchev–Trinajstić information content (AvgIpc) is 3.32. The summed E-state index contributed by atoms with van der Waals surface area (Å²) in [6.07, 6.45) is 4.05. The molecule has 0 bridgehead atoms. The Morgan fingerprint density at radius 3 is 1.36 bits per heavy atom. The number of nitrogens with zero attached hydrogens (tertiary/aromatic N) is 10. The Labute approximate surface area is 451 Å². The lowest BCUT2D eigenvalue weighted by Crippen LogP contribution is -2.60. The number of hydrogen-bond acceptors (Lipinski definition) is 16. The van der Waals surface area contributed by atoms with Gasteiger partial charge in [-0.2, -0.15) is 0 Å². The first-order valence-electron chi connectivity index (χ1n) is 26.6. The van der Waals surface area contributed by atoms with Gasteiger partial charge in [-0.15, -0.1) is 0 Å². The maximum Gasteiger partial charge on any atom is 0.409 e. The molecule has 3 amide bonds. The summed E-state index contributed by atoms with van der Waals surface area (Å²) in [6, 6.07) is 0. The normalized spacial score (nSPS) is 38.4. The third-order valence-corrected chi connectivity index (χ3v) is 16.9. The fourth-order valence-electron chi connectivity index (χ4n) is 12.1. The number of nitrogens with two attached hydrogens (primary N) is 1. The van der Waals surface area contributed by atoms with Crippen molar-refractivity contribution in [2.24, 2.45) is 27.4 Å². The van der Waals surface area contributed by atoms with E-state index in [4.69, 9.17) is 33.1 Å². The van der Waals surface area contributed by atoms with E-state index < -0.39 is 17.2 Å². The molecular weight excluding hydrogens is 961 g/mol. The molecule has 11 atom stereocenters. The summed E-state index contributed by atoms with van der Waals surface area (Å²) in [7, 11) is 16.0. The van der Waals surface area contributed by atoms with Gasteiger partial charge in [0.1, 0.15) is 24.4 Å². The van der Waals surface area contributed by atoms with Crippen molar-refractivity contribution in [2.45, 2.75) is 129 Å². The van der Waals surface area contributed by atoms with Crippen molar-refractivity contribution in [1.29, 1.82) is 0 Å². The quantitative estimate of drug-likeness (QED) is 0.220. The van der Waals surface area contributed by atoms with E-state index in [-0.39, 0.29) is 77.6 Å². The number of carbonyl (C=O) groups is 4. The number of piperidine rings is 6. The summed E-state index contributed by atoms with van der Waals surface area (Å²) < 4.78 is 16.1. The number of fused-ring (bicyclic) bond motifs is 3. The Kier molecular flexibility index (Phi) is 23.6. The summed E-state index contributed by atoms with van der Waals surface area (Å²) >= 11 is 0. The molecule has 5 N–H and O–H groups in total. The standard InChI is InChI=1S/2C10H18N2O2.C9H16N2O2.C8H14N2O.C8H12N2O.C8H18N2O.CH4/c2*1-10-6-11(2)5-4-8(10)14-9(13)12(3)7-10;1-9-5-10-8(12)13-7(9)3-4-11(2)6-9;2*1-8(9-2)6-10(3)5-4-7(8)11;1-8(5-9)6-10(2)4-3-7(8)11;/h2*8H,4-7H2,1-3H3;7H,3-6H2,1-2H3,(H,10,12);7,11H,4-6H2,1,3H3;4-6H2,1,3H3;7,11H,3-6,9H2,1-2H3;1H4. The zero-order valence-corrected chi connectivity index (χ0v) is 47.7. The van der Waals surface area contributed by atoms with Crippen molar-refractivity contribution in [3.8, 4) is 0 Å². The van der Waals surface area contributed by atoms with E-state index in [9.17, 15) is 29.4 Å². The number of hydrogen-bond donors (Lipinski definition) is 4. The van der Waals surface area contributed by atoms with Gasteiger partial charge in [-0.3, -0.25) is 14.6 Å². The van der Waals surface area contributed by atoms with Gasteiger partial charge in [0.25, 0.3) is 11.1 Å². The Bertz CT molecular complexity index is 1940. The minimum absolute atomic E-state index is 0. The second-order valence-corrected chi connectivity index (χ2v) is 25.0. The minimum Gasteiger partial charge on any atom is -0.445 e. The number of Topliss-reactive ketones (excluding diaryl/α,β-unsaturated/α-hetero) is 1. The predicted molar refractivity (Wildman–Crippen MR) is 292 cm³/mol. The van der Waals surface area contributed by atoms with E-state index in [1.165, 1.54) is 0 Å². The maximum atomic E-state index is 11.4. The molecule has 0 aromatic rings. The number of likely N-dealkylation sites (tertiary alicyclic amines) is 6. The monoisotopic (exact) mass is 1060 g/mol. The van der Waals surface area contributed by atoms with E-state index in [1.807, 2.05) is 32.8 Å². The number of rotatable bonds is 1. The molecule has 0 radical (unpaired) electrons. The molecule has 9 heterocycles. The molecule has 0 saturated carbocycles. The molecule has 0 aromatic carbocycles. The summed E-state index contributed by atoms with van der Waals surface area (Å²) in [5, 5.41) is 21.9. The second-order valence-electron chi connectivity index (χ2n) is 25.0. The van der Waals surface area contributed by atoms with Crippen LogP contribution in [0.25, 0.3) is 9.69 Å². The largest absolute Gasteiger partial charge is 0.445 e. The molecule has 0 aromatic heterocycles. The lowest BCUT2D eigenvalue weighted by molar-refractivity contribution is -0.125. The number of alkyl carbamates (subject to hydrolysis) is 1. The summed E-state index contributed by atoms with van der Waals surface area (Å²) in [5.41, 5.74) is 4.48. The van der Waals surface area contributed by atoms with E-state index in [0.29, 0.717) is 26.1 Å². The summed E-state index contributed by atoms with van der Waals surface area (Å²) in [6.45, 7) is 39.9. The highest BCUT2D eigenvalue weighted by molar-refractivity contribution is 5.91. The summed E-state index contributed by atoms with van der Waals surface area (Å²) in [5.74, 6) is 0.0885. The third-order valence-electron chi connectivity index (χ3n) is 16.9. The second kappa shape index (κ2) is 27.1. The number of aliphatic hydroxyl groups is 2. The first-order chi connectivity index (χ1) is 34.4. The average molecular weight is 1060 g/mol. The molecule has 21 nitrogen and oxygen atoms in total. The van der Waals surface area contributed by atoms with Gasteiger partial charge in [0.15, 0.2) is 0 Å². The van der Waals surface area contributed by atoms with Crippen LogP contribution in [-0.4, -0.2) is 276 Å². The van der Waals surface area contributed by atoms with Gasteiger partial charge in [0.05, 0.1) is 19.2 Å². The molecule has 0 aliphatic carbocycles. The fraction of sp³-hybridized carbons (Fsp3) is 0.889. The van der Waals surface area contributed by atoms with Crippen molar-refractivity contribution >= 4 is 24.1 Å². The van der Waals surface area contributed by atoms with Crippen molar-refractivity contribution in [1.82, 2.24) is 44.5 Å². The van der Waals surface area contributed by atoms with Crippen LogP contribution in [0.2, 0.25) is 0 Å². The molecule has 9 rings (SSSR count). The number of aliphatic hydroxyl groups excluding tert-OH is 2. The van der Waals surface area contributed by atoms with Crippen LogP contribution in [0.4, 0.5) is 14.4 Å². The number of likely N-dealkylation sites (N-methyl/N-ethyl adjacent to an activating group) is 2. The van der Waals surface area contributed by atoms with Gasteiger partial charge >= 0.3 is 18.3 Å². The van der Waals surface area contributed by atoms with Gasteiger partial charge in [0, 0.05) is 148 Å². The van der Waals surface area contributed by atoms with Crippen LogP contribution >= 0.6 is 0 Å². The number of carbonyl (C=O) groups excluding carboxylic acids is 4. The lowest BCUT2D eigenvalue weighted by atomic mass is 9.78. The van der Waals surface area contributed by atoms with Gasteiger partial charge in [0.2, 0.25) is 5.78 Å². The minimum atomic E-state index is -0.771. The third kappa shape index (κ3) is 17.3. The van der Waals surface area contributed by atoms with E-state index in [0.717, 1.165) is 117 Å². The Morgan fingerprint density at radius 2 is 0.947 bits per heavy atom. The topological polar surface area (TPSA) is 209 Å². The van der Waals surface area contributed by atoms with Crippen molar-refractivity contribution < 1.29 is 43.6 Å². The smallest absolute Gasteiger partial charge is 0.409 e. The number of ether oxygens (including phenoxy) is 3. The first-order valence-corrected chi connectivity index (χ1v) is 26.6. The zero-order chi connectivity index (χ0) is 55.6. The fourth-order valence-corrected chi connectivity index (χ4v) is 12.1. The van der Waals surface area contributed by atoms with Gasteiger partial charge < -0.3 is 74.6 Å². The van der Waals surface area contributed by atoms with Gasteiger partial charge in [-0.25, -0.2) is 27.5 Å². The highest BCUT2D eigenvalue weighted by Gasteiger charge is 2.49. The van der Waals surface area contributed by atoms with E-state index >= 15 is 0 Å². The van der Waals surface area contributed by atoms with Crippen LogP contribution in [0, 0.1) is 34.8 Å². The van der Waals surface area contributed by atoms with Crippen LogP contribution < -0.4 is 11.1 Å². The molecular formula is C54H100N12O9. The molecule has 11 unspecified atom stereocenters. The maximum absolute atomic E-state index is 11.4. The van der Waals surface area contributed by atoms with Crippen LogP contribution in [0.3, 0.4) is 0 Å². The molecule has 430 valence electrons. The van der Waals surface area contributed by atoms with Gasteiger partial charge in [-0.05, 0) is 74.4 Å². The van der Waals surface area contributed by atoms with Crippen LogP contribution in [0.1, 0.15) is 87.5 Å². The van der Waals surface area contributed by atoms with E-state index in [1.54, 1.807) is 30.8 Å². The van der Waals surface area contributed by atoms with Crippen molar-refractivity contribution in [3.05, 3.63) is 22.8 Å². The highest BCUT2D eigenvalue weighted by Crippen LogP contribution is 2.38. The molecule has 9 saturated heterocycles. The number of nitrogens with one attached hydrogen (secondary N) is 1. The molecule has 0 spiro atoms. The van der Waals surface area contributed by atoms with Crippen LogP contribution in [0.15, 0.2) is 0 Å². The van der Waals surface area contributed by atoms with Crippen molar-refractivity contribution in [2.75, 3.05) is 161 Å². The van der Waals surface area contributed by atoms with Crippen molar-refractivity contribution in [3.63, 3.8) is 0 Å². The number of amides is 3. The molecule has 9 aliphatic heterocycles. The SMILES string of the molecule is C.CN1CCC(O)C(C)(CN)C1.CN1CCC2OC(=O)N(C)CC2(C)C1.CN1CCC2OC(=O)N(C)CC2(C)C1.CN1CCC2OC(=O)NCC2(C)C1.[C-]#[N+]C1(C)CN(C)CCC1=O.[C-]#[N+]C1(C)CN(C)CCC1O. The Balaban J connectivity index is 0.000000237. The Morgan fingerprint density at radius 1 is 0.547 bits per heavy atom. The zero-order valence-electron chi connectivity index (χ0n) is 47.7. The number of ketones is 1. The molecule has 75 heavy (non-hydrogen) atoms. The highest BCUT2D eigenvalue weighted by atomic mass is 16.6. The van der Waals surface area contributed by atoms with Crippen LogP contribution in [0.5, 0.6) is 0 Å². The molecule has 21 heteroatoms. The summed E-state index contributed by atoms with van der Waals surface area (Å²) in [4.78, 5) is 68.4. The lowest BCUT2D eigenvalue weighted by Gasteiger charge is -2.49. The first kappa shape index (κ1) is 65.4. The van der Waals surface area contributed by atoms with E-state index in [2.05, 4.69) is 88.5 Å². The molecule has 9 aliphatic rings. The van der Waals surface area contributed by atoms with Crippen LogP contribution in [-0.2, 0) is 19.0 Å². The van der Waals surface area contributed by atoms with Gasteiger partial charge in [-0.1, -0.05) is 35.1 Å².